The first-order valence-corrected chi connectivity index (χ1v) is 9.02. The zero-order chi connectivity index (χ0) is 18.8. The highest BCUT2D eigenvalue weighted by atomic mass is 16.5. The maximum atomic E-state index is 12.6. The molecule has 4 rings (SSSR count). The Bertz CT molecular complexity index is 942. The fourth-order valence-electron chi connectivity index (χ4n) is 3.71. The van der Waals surface area contributed by atoms with Gasteiger partial charge in [-0.25, -0.2) is 0 Å². The molecule has 2 heterocycles. The van der Waals surface area contributed by atoms with Crippen LogP contribution >= 0.6 is 0 Å². The molecule has 0 aliphatic heterocycles. The number of ether oxygens (including phenoxy) is 1. The lowest BCUT2D eigenvalue weighted by Gasteiger charge is -2.16. The molecule has 2 N–H and O–H groups in total. The first-order chi connectivity index (χ1) is 13.1. The van der Waals surface area contributed by atoms with Crippen LogP contribution in [0.4, 0.5) is 0 Å². The van der Waals surface area contributed by atoms with Crippen LogP contribution in [0.3, 0.4) is 0 Å². The van der Waals surface area contributed by atoms with Gasteiger partial charge in [-0.3, -0.25) is 14.5 Å². The molecule has 3 atom stereocenters. The normalized spacial score (nSPS) is 22.1. The van der Waals surface area contributed by atoms with Crippen LogP contribution in [-0.2, 0) is 6.54 Å². The van der Waals surface area contributed by atoms with Crippen molar-refractivity contribution in [1.82, 2.24) is 20.1 Å². The molecule has 3 aromatic rings. The molecule has 1 unspecified atom stereocenters. The maximum absolute atomic E-state index is 12.6. The Balaban J connectivity index is 1.44. The minimum atomic E-state index is -0.560. The monoisotopic (exact) mass is 366 g/mol. The Morgan fingerprint density at radius 2 is 2.22 bits per heavy atom. The van der Waals surface area contributed by atoms with Gasteiger partial charge < -0.3 is 15.2 Å². The zero-order valence-corrected chi connectivity index (χ0v) is 15.1. The first-order valence-electron chi connectivity index (χ1n) is 9.02. The highest BCUT2D eigenvalue weighted by molar-refractivity contribution is 5.96. The van der Waals surface area contributed by atoms with Crippen molar-refractivity contribution in [2.24, 2.45) is 5.92 Å². The van der Waals surface area contributed by atoms with Crippen LogP contribution in [0.25, 0.3) is 10.8 Å². The molecule has 0 saturated heterocycles. The fourth-order valence-corrected chi connectivity index (χ4v) is 3.71. The molecule has 1 amide bonds. The van der Waals surface area contributed by atoms with E-state index in [9.17, 15) is 9.90 Å². The van der Waals surface area contributed by atoms with Gasteiger partial charge in [0.05, 0.1) is 19.3 Å². The molecule has 7 nitrogen and oxygen atoms in total. The van der Waals surface area contributed by atoms with Crippen LogP contribution in [0.5, 0.6) is 5.75 Å². The largest absolute Gasteiger partial charge is 0.497 e. The number of amides is 1. The maximum Gasteiger partial charge on any atom is 0.270 e. The Kier molecular flexibility index (Phi) is 4.77. The summed E-state index contributed by atoms with van der Waals surface area (Å²) >= 11 is 0. The first kappa shape index (κ1) is 17.5. The summed E-state index contributed by atoms with van der Waals surface area (Å²) in [6, 6.07) is 8.99. The topological polar surface area (TPSA) is 89.3 Å². The molecule has 1 saturated carbocycles. The van der Waals surface area contributed by atoms with Gasteiger partial charge in [0.15, 0.2) is 0 Å². The van der Waals surface area contributed by atoms with Crippen LogP contribution in [0.1, 0.15) is 23.3 Å². The average molecular weight is 366 g/mol. The summed E-state index contributed by atoms with van der Waals surface area (Å²) in [6.07, 6.45) is 6.13. The standard InChI is InChI=1S/C20H22N4O3/c1-27-16-4-3-14-11-21-18(10-15(14)9-16)20(26)23-17-7-13(8-19(17)25)12-24-6-2-5-22-24/h2-6,9-11,13,17,19,25H,7-8,12H2,1H3,(H,23,26)/t13?,17-,19-/m1/s1. The number of methoxy groups -OCH3 is 1. The second-order valence-corrected chi connectivity index (χ2v) is 7.00. The fraction of sp³-hybridized carbons (Fsp3) is 0.350. The summed E-state index contributed by atoms with van der Waals surface area (Å²) in [4.78, 5) is 16.9. The second-order valence-electron chi connectivity index (χ2n) is 7.00. The molecule has 7 heteroatoms. The second kappa shape index (κ2) is 7.36. The zero-order valence-electron chi connectivity index (χ0n) is 15.1. The van der Waals surface area contributed by atoms with Crippen molar-refractivity contribution < 1.29 is 14.6 Å². The number of aliphatic hydroxyl groups is 1. The number of hydrogen-bond donors (Lipinski definition) is 2. The Morgan fingerprint density at radius 3 is 3.00 bits per heavy atom. The van der Waals surface area contributed by atoms with E-state index in [4.69, 9.17) is 4.74 Å². The van der Waals surface area contributed by atoms with Gasteiger partial charge in [0.25, 0.3) is 5.91 Å². The number of hydrogen-bond acceptors (Lipinski definition) is 5. The molecule has 1 aliphatic carbocycles. The lowest BCUT2D eigenvalue weighted by molar-refractivity contribution is 0.0868. The molecule has 27 heavy (non-hydrogen) atoms. The minimum Gasteiger partial charge on any atom is -0.497 e. The van der Waals surface area contributed by atoms with Crippen LogP contribution in [0.15, 0.2) is 48.9 Å². The summed E-state index contributed by atoms with van der Waals surface area (Å²) in [7, 11) is 1.61. The third-order valence-corrected chi connectivity index (χ3v) is 5.11. The van der Waals surface area contributed by atoms with Crippen LogP contribution in [0.2, 0.25) is 0 Å². The Hall–Kier alpha value is -2.93. The number of nitrogens with one attached hydrogen (secondary N) is 1. The summed E-state index contributed by atoms with van der Waals surface area (Å²) in [5.74, 6) is 0.732. The Labute approximate surface area is 157 Å². The number of pyridine rings is 1. The van der Waals surface area contributed by atoms with Gasteiger partial charge in [-0.1, -0.05) is 0 Å². The number of benzene rings is 1. The van der Waals surface area contributed by atoms with E-state index in [1.165, 1.54) is 0 Å². The van der Waals surface area contributed by atoms with Crippen LogP contribution in [-0.4, -0.2) is 45.0 Å². The average Bonchev–Trinajstić information content (AvgIpc) is 3.30. The predicted octanol–water partition coefficient (Wildman–Crippen LogP) is 2.01. The molecule has 1 fully saturated rings. The van der Waals surface area contributed by atoms with Gasteiger partial charge >= 0.3 is 0 Å². The van der Waals surface area contributed by atoms with E-state index in [-0.39, 0.29) is 17.9 Å². The van der Waals surface area contributed by atoms with Gasteiger partial charge in [-0.05, 0) is 54.5 Å². The van der Waals surface area contributed by atoms with Crippen molar-refractivity contribution in [2.45, 2.75) is 31.5 Å². The van der Waals surface area contributed by atoms with Crippen molar-refractivity contribution in [3.63, 3.8) is 0 Å². The van der Waals surface area contributed by atoms with Crippen molar-refractivity contribution in [3.05, 3.63) is 54.6 Å². The van der Waals surface area contributed by atoms with E-state index >= 15 is 0 Å². The van der Waals surface area contributed by atoms with Gasteiger partial charge in [-0.15, -0.1) is 0 Å². The number of carbonyl (C=O) groups excluding carboxylic acids is 1. The molecular weight excluding hydrogens is 344 g/mol. The molecule has 140 valence electrons. The molecule has 1 aliphatic rings. The number of aromatic nitrogens is 3. The molecule has 0 bridgehead atoms. The van der Waals surface area contributed by atoms with E-state index in [0.717, 1.165) is 23.1 Å². The predicted molar refractivity (Wildman–Crippen MR) is 101 cm³/mol. The van der Waals surface area contributed by atoms with Gasteiger partial charge in [0.2, 0.25) is 0 Å². The van der Waals surface area contributed by atoms with E-state index < -0.39 is 6.10 Å². The molecule has 0 spiro atoms. The summed E-state index contributed by atoms with van der Waals surface area (Å²) in [5, 5.41) is 19.3. The summed E-state index contributed by atoms with van der Waals surface area (Å²) in [5.41, 5.74) is 0.332. The summed E-state index contributed by atoms with van der Waals surface area (Å²) < 4.78 is 7.10. The van der Waals surface area contributed by atoms with E-state index in [2.05, 4.69) is 15.4 Å². The number of nitrogens with zero attached hydrogens (tertiary/aromatic N) is 3. The van der Waals surface area contributed by atoms with Crippen molar-refractivity contribution in [2.75, 3.05) is 7.11 Å². The third-order valence-electron chi connectivity index (χ3n) is 5.11. The number of fused-ring (bicyclic) bond motifs is 1. The molecular formula is C20H22N4O3. The van der Waals surface area contributed by atoms with Crippen LogP contribution < -0.4 is 10.1 Å². The lowest BCUT2D eigenvalue weighted by Crippen LogP contribution is -2.40. The minimum absolute atomic E-state index is 0.275. The highest BCUT2D eigenvalue weighted by Gasteiger charge is 2.34. The molecule has 0 radical (unpaired) electrons. The van der Waals surface area contributed by atoms with E-state index in [0.29, 0.717) is 18.5 Å². The van der Waals surface area contributed by atoms with E-state index in [1.54, 1.807) is 25.6 Å². The van der Waals surface area contributed by atoms with Gasteiger partial charge in [0.1, 0.15) is 11.4 Å². The SMILES string of the molecule is COc1ccc2cnc(C(=O)N[C@@H]3CC(Cn4cccn4)C[C@H]3O)cc2c1. The lowest BCUT2D eigenvalue weighted by atomic mass is 10.1. The Morgan fingerprint density at radius 1 is 1.33 bits per heavy atom. The number of aliphatic hydroxyl groups excluding tert-OH is 1. The summed E-state index contributed by atoms with van der Waals surface area (Å²) in [6.45, 7) is 0.741. The molecule has 2 aromatic heterocycles. The van der Waals surface area contributed by atoms with Crippen molar-refractivity contribution >= 4 is 16.7 Å². The number of carbonyl (C=O) groups is 1. The van der Waals surface area contributed by atoms with Gasteiger partial charge in [0, 0.05) is 30.5 Å². The highest BCUT2D eigenvalue weighted by Crippen LogP contribution is 2.28. The van der Waals surface area contributed by atoms with Gasteiger partial charge in [-0.2, -0.15) is 5.10 Å². The van der Waals surface area contributed by atoms with Crippen molar-refractivity contribution in [1.29, 1.82) is 0 Å². The third kappa shape index (κ3) is 3.78. The van der Waals surface area contributed by atoms with E-state index in [1.807, 2.05) is 35.1 Å². The smallest absolute Gasteiger partial charge is 0.270 e. The quantitative estimate of drug-likeness (QED) is 0.721. The molecule has 1 aromatic carbocycles. The number of rotatable bonds is 5. The van der Waals surface area contributed by atoms with Crippen LogP contribution in [0, 0.1) is 5.92 Å². The van der Waals surface area contributed by atoms with Crippen molar-refractivity contribution in [3.8, 4) is 5.75 Å².